The van der Waals surface area contributed by atoms with Gasteiger partial charge in [0.2, 0.25) is 11.8 Å². The number of amides is 2. The number of carbonyl (C=O) groups is 2. The lowest BCUT2D eigenvalue weighted by Gasteiger charge is -2.36. The van der Waals surface area contributed by atoms with E-state index >= 15 is 0 Å². The number of rotatable bonds is 7. The van der Waals surface area contributed by atoms with Gasteiger partial charge in [-0.3, -0.25) is 9.59 Å². The number of hydrogen-bond acceptors (Lipinski definition) is 4. The van der Waals surface area contributed by atoms with Crippen LogP contribution in [0.3, 0.4) is 0 Å². The number of anilines is 1. The lowest BCUT2D eigenvalue weighted by molar-refractivity contribution is -0.131. The second kappa shape index (κ2) is 12.8. The van der Waals surface area contributed by atoms with Crippen molar-refractivity contribution in [1.82, 2.24) is 10.2 Å². The summed E-state index contributed by atoms with van der Waals surface area (Å²) in [6.07, 6.45) is 0.905. The Morgan fingerprint density at radius 2 is 1.68 bits per heavy atom. The molecule has 1 atom stereocenters. The van der Waals surface area contributed by atoms with Gasteiger partial charge in [-0.1, -0.05) is 13.8 Å². The van der Waals surface area contributed by atoms with E-state index in [9.17, 15) is 14.0 Å². The third kappa shape index (κ3) is 8.20. The molecule has 1 fully saturated rings. The highest BCUT2D eigenvalue weighted by Crippen LogP contribution is 2.17. The highest BCUT2D eigenvalue weighted by atomic mass is 35.5. The first-order chi connectivity index (χ1) is 12.4. The summed E-state index contributed by atoms with van der Waals surface area (Å²) in [6.45, 7) is 7.01. The lowest BCUT2D eigenvalue weighted by atomic mass is 10.0. The van der Waals surface area contributed by atoms with Crippen molar-refractivity contribution in [2.24, 2.45) is 11.7 Å². The molecule has 3 N–H and O–H groups in total. The number of halogens is 3. The van der Waals surface area contributed by atoms with Crippen molar-refractivity contribution in [1.29, 1.82) is 0 Å². The molecule has 1 saturated heterocycles. The molecule has 0 aliphatic carbocycles. The standard InChI is InChI=1S/C19H29FN4O2.2ClH/c1-14(2)13-17(21)19(26)22-8-7-18(25)24-11-9-23(10-12-24)16-5-3-15(20)4-6-16;;/h3-6,14,17H,7-13,21H2,1-2H3,(H,22,26);2*1H/t17-;;/m0../s1. The van der Waals surface area contributed by atoms with Crippen molar-refractivity contribution in [3.8, 4) is 0 Å². The van der Waals surface area contributed by atoms with Gasteiger partial charge in [0.05, 0.1) is 6.04 Å². The van der Waals surface area contributed by atoms with Crippen LogP contribution in [0.15, 0.2) is 24.3 Å². The number of nitrogens with one attached hydrogen (secondary N) is 1. The SMILES string of the molecule is CC(C)C[C@H](N)C(=O)NCCC(=O)N1CCN(c2ccc(F)cc2)CC1.Cl.Cl. The summed E-state index contributed by atoms with van der Waals surface area (Å²) < 4.78 is 13.0. The molecule has 1 aliphatic heterocycles. The van der Waals surface area contributed by atoms with Crippen molar-refractivity contribution in [3.05, 3.63) is 30.1 Å². The fraction of sp³-hybridized carbons (Fsp3) is 0.579. The maximum absolute atomic E-state index is 13.0. The third-order valence-electron chi connectivity index (χ3n) is 4.52. The quantitative estimate of drug-likeness (QED) is 0.686. The van der Waals surface area contributed by atoms with Crippen LogP contribution in [-0.2, 0) is 9.59 Å². The predicted molar refractivity (Wildman–Crippen MR) is 115 cm³/mol. The van der Waals surface area contributed by atoms with Crippen LogP contribution in [0.4, 0.5) is 10.1 Å². The van der Waals surface area contributed by atoms with Crippen LogP contribution < -0.4 is 16.0 Å². The number of benzene rings is 1. The first kappa shape index (κ1) is 26.4. The smallest absolute Gasteiger partial charge is 0.236 e. The summed E-state index contributed by atoms with van der Waals surface area (Å²) in [5, 5.41) is 2.74. The molecule has 9 heteroatoms. The Kier molecular flexibility index (Phi) is 12.1. The molecule has 0 spiro atoms. The minimum absolute atomic E-state index is 0. The van der Waals surface area contributed by atoms with Gasteiger partial charge in [0.15, 0.2) is 0 Å². The molecule has 2 rings (SSSR count). The van der Waals surface area contributed by atoms with Gasteiger partial charge < -0.3 is 20.9 Å². The molecule has 28 heavy (non-hydrogen) atoms. The highest BCUT2D eigenvalue weighted by Gasteiger charge is 2.21. The van der Waals surface area contributed by atoms with Crippen molar-refractivity contribution >= 4 is 42.3 Å². The molecule has 1 aliphatic rings. The van der Waals surface area contributed by atoms with E-state index in [1.54, 1.807) is 17.0 Å². The maximum atomic E-state index is 13.0. The van der Waals surface area contributed by atoms with Crippen molar-refractivity contribution in [2.75, 3.05) is 37.6 Å². The predicted octanol–water partition coefficient (Wildman–Crippen LogP) is 2.20. The average Bonchev–Trinajstić information content (AvgIpc) is 2.61. The molecule has 0 unspecified atom stereocenters. The first-order valence-corrected chi connectivity index (χ1v) is 9.18. The molecule has 0 aromatic heterocycles. The Bertz CT molecular complexity index is 608. The van der Waals surface area contributed by atoms with Gasteiger partial charge in [-0.05, 0) is 36.6 Å². The minimum Gasteiger partial charge on any atom is -0.368 e. The molecule has 2 amide bonds. The average molecular weight is 437 g/mol. The zero-order valence-electron chi connectivity index (χ0n) is 16.4. The number of carbonyl (C=O) groups excluding carboxylic acids is 2. The Labute approximate surface area is 178 Å². The van der Waals surface area contributed by atoms with E-state index in [0.29, 0.717) is 45.1 Å². The molecule has 0 bridgehead atoms. The summed E-state index contributed by atoms with van der Waals surface area (Å²) in [6, 6.07) is 5.87. The van der Waals surface area contributed by atoms with Crippen LogP contribution in [0.5, 0.6) is 0 Å². The van der Waals surface area contributed by atoms with Gasteiger partial charge in [0, 0.05) is 44.8 Å². The zero-order valence-corrected chi connectivity index (χ0v) is 18.0. The molecular formula is C19H31Cl2FN4O2. The molecular weight excluding hydrogens is 406 g/mol. The highest BCUT2D eigenvalue weighted by molar-refractivity contribution is 5.85. The van der Waals surface area contributed by atoms with Gasteiger partial charge in [-0.2, -0.15) is 0 Å². The Hall–Kier alpha value is -1.57. The van der Waals surface area contributed by atoms with Gasteiger partial charge >= 0.3 is 0 Å². The first-order valence-electron chi connectivity index (χ1n) is 9.18. The van der Waals surface area contributed by atoms with Gasteiger partial charge in [0.1, 0.15) is 5.82 Å². The van der Waals surface area contributed by atoms with E-state index in [2.05, 4.69) is 10.2 Å². The Morgan fingerprint density at radius 1 is 1.11 bits per heavy atom. The topological polar surface area (TPSA) is 78.7 Å². The van der Waals surface area contributed by atoms with Crippen LogP contribution >= 0.6 is 24.8 Å². The lowest BCUT2D eigenvalue weighted by Crippen LogP contribution is -2.49. The molecule has 6 nitrogen and oxygen atoms in total. The maximum Gasteiger partial charge on any atom is 0.236 e. The molecule has 1 aromatic carbocycles. The van der Waals surface area contributed by atoms with Crippen LogP contribution in [0.2, 0.25) is 0 Å². The van der Waals surface area contributed by atoms with Crippen molar-refractivity contribution in [3.63, 3.8) is 0 Å². The van der Waals surface area contributed by atoms with Gasteiger partial charge in [-0.15, -0.1) is 24.8 Å². The van der Waals surface area contributed by atoms with Gasteiger partial charge in [-0.25, -0.2) is 4.39 Å². The molecule has 0 radical (unpaired) electrons. The summed E-state index contributed by atoms with van der Waals surface area (Å²) >= 11 is 0. The number of nitrogens with two attached hydrogens (primary N) is 1. The van der Waals surface area contributed by atoms with Crippen LogP contribution in [0.1, 0.15) is 26.7 Å². The fourth-order valence-electron chi connectivity index (χ4n) is 3.06. The van der Waals surface area contributed by atoms with Crippen molar-refractivity contribution < 1.29 is 14.0 Å². The number of nitrogens with zero attached hydrogens (tertiary/aromatic N) is 2. The van der Waals surface area contributed by atoms with Gasteiger partial charge in [0.25, 0.3) is 0 Å². The minimum atomic E-state index is -0.524. The van der Waals surface area contributed by atoms with E-state index in [1.165, 1.54) is 12.1 Å². The second-order valence-corrected chi connectivity index (χ2v) is 7.12. The molecule has 1 aromatic rings. The summed E-state index contributed by atoms with van der Waals surface area (Å²) in [7, 11) is 0. The molecule has 160 valence electrons. The number of piperazine rings is 1. The summed E-state index contributed by atoms with van der Waals surface area (Å²) in [4.78, 5) is 28.1. The van der Waals surface area contributed by atoms with E-state index in [4.69, 9.17) is 5.73 Å². The molecule has 1 heterocycles. The van der Waals surface area contributed by atoms with E-state index in [1.807, 2.05) is 13.8 Å². The zero-order chi connectivity index (χ0) is 19.1. The van der Waals surface area contributed by atoms with Crippen LogP contribution in [0, 0.1) is 11.7 Å². The van der Waals surface area contributed by atoms with Crippen LogP contribution in [0.25, 0.3) is 0 Å². The van der Waals surface area contributed by atoms with E-state index in [-0.39, 0.29) is 48.9 Å². The van der Waals surface area contributed by atoms with Crippen LogP contribution in [-0.4, -0.2) is 55.5 Å². The summed E-state index contributed by atoms with van der Waals surface area (Å²) in [5.74, 6) is -0.0679. The Morgan fingerprint density at radius 3 is 2.21 bits per heavy atom. The van der Waals surface area contributed by atoms with E-state index in [0.717, 1.165) is 5.69 Å². The van der Waals surface area contributed by atoms with E-state index < -0.39 is 6.04 Å². The molecule has 0 saturated carbocycles. The second-order valence-electron chi connectivity index (χ2n) is 7.12. The monoisotopic (exact) mass is 436 g/mol. The fourth-order valence-corrected chi connectivity index (χ4v) is 3.06. The largest absolute Gasteiger partial charge is 0.368 e. The number of hydrogen-bond donors (Lipinski definition) is 2. The third-order valence-corrected chi connectivity index (χ3v) is 4.52. The Balaban J connectivity index is 0.00000364. The summed E-state index contributed by atoms with van der Waals surface area (Å²) in [5.41, 5.74) is 6.78. The normalized spacial score (nSPS) is 14.8. The van der Waals surface area contributed by atoms with Crippen molar-refractivity contribution in [2.45, 2.75) is 32.7 Å².